The fourth-order valence-electron chi connectivity index (χ4n) is 3.72. The number of amides is 1. The van der Waals surface area contributed by atoms with E-state index in [1.54, 1.807) is 11.8 Å². The van der Waals surface area contributed by atoms with Crippen molar-refractivity contribution in [2.75, 3.05) is 6.54 Å². The van der Waals surface area contributed by atoms with Crippen LogP contribution in [0.15, 0.2) is 4.52 Å². The van der Waals surface area contributed by atoms with E-state index in [1.165, 1.54) is 0 Å². The summed E-state index contributed by atoms with van der Waals surface area (Å²) in [6.45, 7) is 2.47. The Labute approximate surface area is 128 Å². The van der Waals surface area contributed by atoms with Gasteiger partial charge in [0.05, 0.1) is 5.92 Å². The van der Waals surface area contributed by atoms with E-state index in [4.69, 9.17) is 4.52 Å². The summed E-state index contributed by atoms with van der Waals surface area (Å²) in [4.78, 5) is 29.7. The Morgan fingerprint density at radius 1 is 1.41 bits per heavy atom. The Bertz CT molecular complexity index is 571. The Morgan fingerprint density at radius 3 is 2.86 bits per heavy atom. The average molecular weight is 307 g/mol. The Hall–Kier alpha value is -1.92. The number of fused-ring (bicyclic) bond motifs is 3. The first-order chi connectivity index (χ1) is 10.5. The molecule has 0 radical (unpaired) electrons. The lowest BCUT2D eigenvalue weighted by atomic mass is 9.72. The number of carboxylic acid groups (broad SMARTS) is 1. The number of carbonyl (C=O) groups excluding carboxylic acids is 1. The molecular formula is C15H21N3O4. The summed E-state index contributed by atoms with van der Waals surface area (Å²) in [6, 6.07) is -0.124. The minimum Gasteiger partial charge on any atom is -0.481 e. The summed E-state index contributed by atoms with van der Waals surface area (Å²) in [5.41, 5.74) is 0. The predicted molar refractivity (Wildman–Crippen MR) is 75.9 cm³/mol. The van der Waals surface area contributed by atoms with Crippen LogP contribution in [0.1, 0.15) is 43.8 Å². The van der Waals surface area contributed by atoms with Gasteiger partial charge >= 0.3 is 5.97 Å². The van der Waals surface area contributed by atoms with Gasteiger partial charge in [0.15, 0.2) is 5.82 Å². The van der Waals surface area contributed by atoms with Crippen LogP contribution in [0.5, 0.6) is 0 Å². The second-order valence-electron chi connectivity index (χ2n) is 6.33. The van der Waals surface area contributed by atoms with E-state index in [0.717, 1.165) is 12.8 Å². The molecule has 1 aromatic rings. The Balaban J connectivity index is 1.54. The van der Waals surface area contributed by atoms with Crippen LogP contribution in [0.4, 0.5) is 0 Å². The summed E-state index contributed by atoms with van der Waals surface area (Å²) in [7, 11) is 0. The highest BCUT2D eigenvalue weighted by molar-refractivity contribution is 5.79. The molecule has 1 aliphatic carbocycles. The van der Waals surface area contributed by atoms with Crippen LogP contribution >= 0.6 is 0 Å². The molecule has 4 rings (SSSR count). The number of aryl methyl sites for hydroxylation is 2. The summed E-state index contributed by atoms with van der Waals surface area (Å²) in [5.74, 6) is 0.377. The van der Waals surface area contributed by atoms with Crippen molar-refractivity contribution in [3.63, 3.8) is 0 Å². The van der Waals surface area contributed by atoms with Crippen LogP contribution in [-0.4, -0.2) is 44.6 Å². The molecule has 120 valence electrons. The van der Waals surface area contributed by atoms with E-state index in [-0.39, 0.29) is 11.9 Å². The lowest BCUT2D eigenvalue weighted by Crippen LogP contribution is -2.57. The first-order valence-corrected chi connectivity index (χ1v) is 7.86. The monoisotopic (exact) mass is 307 g/mol. The van der Waals surface area contributed by atoms with Crippen LogP contribution in [0.3, 0.4) is 0 Å². The molecule has 0 spiro atoms. The third-order valence-electron chi connectivity index (χ3n) is 4.77. The molecule has 1 N–H and O–H groups in total. The van der Waals surface area contributed by atoms with Crippen LogP contribution in [0.25, 0.3) is 0 Å². The Kier molecular flexibility index (Phi) is 4.13. The fourth-order valence-corrected chi connectivity index (χ4v) is 3.72. The zero-order chi connectivity index (χ0) is 15.7. The number of hydrogen-bond acceptors (Lipinski definition) is 5. The van der Waals surface area contributed by atoms with E-state index < -0.39 is 11.9 Å². The van der Waals surface area contributed by atoms with Gasteiger partial charge in [0.25, 0.3) is 0 Å². The van der Waals surface area contributed by atoms with Gasteiger partial charge in [-0.2, -0.15) is 4.98 Å². The largest absolute Gasteiger partial charge is 0.481 e. The van der Waals surface area contributed by atoms with Crippen molar-refractivity contribution in [1.82, 2.24) is 15.0 Å². The molecule has 7 nitrogen and oxygen atoms in total. The summed E-state index contributed by atoms with van der Waals surface area (Å²) in [6.07, 6.45) is 4.20. The van der Waals surface area contributed by atoms with Crippen molar-refractivity contribution in [3.8, 4) is 0 Å². The van der Waals surface area contributed by atoms with Gasteiger partial charge in [-0.1, -0.05) is 5.16 Å². The van der Waals surface area contributed by atoms with Crippen LogP contribution in [0.2, 0.25) is 0 Å². The third-order valence-corrected chi connectivity index (χ3v) is 4.77. The molecule has 3 aliphatic rings. The highest BCUT2D eigenvalue weighted by atomic mass is 16.5. The maximum Gasteiger partial charge on any atom is 0.308 e. The van der Waals surface area contributed by atoms with E-state index in [1.807, 2.05) is 0 Å². The molecule has 1 amide bonds. The molecule has 1 aromatic heterocycles. The van der Waals surface area contributed by atoms with E-state index in [9.17, 15) is 14.7 Å². The molecular weight excluding hydrogens is 286 g/mol. The average Bonchev–Trinajstić information content (AvgIpc) is 2.93. The maximum absolute atomic E-state index is 12.4. The van der Waals surface area contributed by atoms with Crippen molar-refractivity contribution >= 4 is 11.9 Å². The van der Waals surface area contributed by atoms with Crippen molar-refractivity contribution < 1.29 is 19.2 Å². The quantitative estimate of drug-likeness (QED) is 0.883. The van der Waals surface area contributed by atoms with E-state index >= 15 is 0 Å². The van der Waals surface area contributed by atoms with Gasteiger partial charge in [-0.05, 0) is 38.5 Å². The molecule has 1 saturated carbocycles. The van der Waals surface area contributed by atoms with Gasteiger partial charge in [-0.15, -0.1) is 0 Å². The van der Waals surface area contributed by atoms with Crippen molar-refractivity contribution in [3.05, 3.63) is 11.7 Å². The van der Waals surface area contributed by atoms with Gasteiger partial charge in [0.2, 0.25) is 11.8 Å². The molecule has 0 unspecified atom stereocenters. The van der Waals surface area contributed by atoms with Crippen LogP contribution < -0.4 is 0 Å². The summed E-state index contributed by atoms with van der Waals surface area (Å²) < 4.78 is 5.03. The topological polar surface area (TPSA) is 96.5 Å². The molecule has 3 atom stereocenters. The molecule has 22 heavy (non-hydrogen) atoms. The molecule has 3 fully saturated rings. The second-order valence-corrected chi connectivity index (χ2v) is 6.33. The van der Waals surface area contributed by atoms with Crippen molar-refractivity contribution in [2.24, 2.45) is 11.8 Å². The first-order valence-electron chi connectivity index (χ1n) is 7.86. The van der Waals surface area contributed by atoms with Gasteiger partial charge < -0.3 is 14.5 Å². The normalized spacial score (nSPS) is 27.1. The standard InChI is InChI=1S/C15H21N3O4/c1-9-16-13(22-17-9)3-2-4-14(19)18-8-10-5-6-12(18)11(7-10)15(20)21/h10-12H,2-8H2,1H3,(H,20,21)/t10-,11-,12+/m1/s1. The lowest BCUT2D eigenvalue weighted by Gasteiger charge is -2.48. The smallest absolute Gasteiger partial charge is 0.308 e. The van der Waals surface area contributed by atoms with Crippen LogP contribution in [0, 0.1) is 18.8 Å². The zero-order valence-electron chi connectivity index (χ0n) is 12.7. The first kappa shape index (κ1) is 15.0. The van der Waals surface area contributed by atoms with Gasteiger partial charge in [-0.25, -0.2) is 0 Å². The third kappa shape index (κ3) is 2.98. The molecule has 7 heteroatoms. The molecule has 2 saturated heterocycles. The number of aromatic nitrogens is 2. The number of hydrogen-bond donors (Lipinski definition) is 1. The molecule has 0 aromatic carbocycles. The number of rotatable bonds is 5. The number of piperidine rings is 2. The van der Waals surface area contributed by atoms with Gasteiger partial charge in [0.1, 0.15) is 0 Å². The number of nitrogens with zero attached hydrogens (tertiary/aromatic N) is 3. The zero-order valence-corrected chi connectivity index (χ0v) is 12.7. The second kappa shape index (κ2) is 6.06. The number of carboxylic acids is 1. The minimum atomic E-state index is -0.770. The highest BCUT2D eigenvalue weighted by Gasteiger charge is 2.45. The molecule has 2 bridgehead atoms. The number of aliphatic carboxylic acids is 1. The molecule has 3 heterocycles. The SMILES string of the molecule is Cc1noc(CCCC(=O)N2C[C@@H]3CC[C@H]2[C@H](C(=O)O)C3)n1. The van der Waals surface area contributed by atoms with E-state index in [2.05, 4.69) is 10.1 Å². The van der Waals surface area contributed by atoms with Gasteiger partial charge in [-0.3, -0.25) is 9.59 Å². The molecule has 2 aliphatic heterocycles. The van der Waals surface area contributed by atoms with Crippen molar-refractivity contribution in [2.45, 2.75) is 51.5 Å². The minimum absolute atomic E-state index is 0.0527. The van der Waals surface area contributed by atoms with Gasteiger partial charge in [0, 0.05) is 25.4 Å². The summed E-state index contributed by atoms with van der Waals surface area (Å²) in [5, 5.41) is 13.0. The number of carbonyl (C=O) groups is 2. The summed E-state index contributed by atoms with van der Waals surface area (Å²) >= 11 is 0. The van der Waals surface area contributed by atoms with E-state index in [0.29, 0.717) is 49.9 Å². The van der Waals surface area contributed by atoms with Crippen molar-refractivity contribution in [1.29, 1.82) is 0 Å². The fraction of sp³-hybridized carbons (Fsp3) is 0.733. The predicted octanol–water partition coefficient (Wildman–Crippen LogP) is 1.41. The Morgan fingerprint density at radius 2 is 2.23 bits per heavy atom. The lowest BCUT2D eigenvalue weighted by molar-refractivity contribution is -0.155. The highest BCUT2D eigenvalue weighted by Crippen LogP contribution is 2.39. The maximum atomic E-state index is 12.4. The van der Waals surface area contributed by atoms with Crippen LogP contribution in [-0.2, 0) is 16.0 Å².